The molecule has 0 bridgehead atoms. The number of benzene rings is 2. The summed E-state index contributed by atoms with van der Waals surface area (Å²) in [6.45, 7) is 1.80. The van der Waals surface area contributed by atoms with Gasteiger partial charge in [0, 0.05) is 11.3 Å². The fourth-order valence-corrected chi connectivity index (χ4v) is 5.30. The summed E-state index contributed by atoms with van der Waals surface area (Å²) < 4.78 is 35.4. The Balaban J connectivity index is 1.48. The number of hydrogen-bond acceptors (Lipinski definition) is 7. The number of rotatable bonds is 6. The number of thiophene rings is 1. The predicted octanol–water partition coefficient (Wildman–Crippen LogP) is 4.64. The molecule has 33 heavy (non-hydrogen) atoms. The van der Waals surface area contributed by atoms with Crippen LogP contribution >= 0.6 is 11.3 Å². The van der Waals surface area contributed by atoms with Crippen LogP contribution in [0.1, 0.15) is 5.56 Å². The summed E-state index contributed by atoms with van der Waals surface area (Å²) in [6, 6.07) is 19.4. The zero-order chi connectivity index (χ0) is 23.0. The summed E-state index contributed by atoms with van der Waals surface area (Å²) in [5.41, 5.74) is 3.23. The first-order valence-corrected chi connectivity index (χ1v) is 12.4. The van der Waals surface area contributed by atoms with Crippen LogP contribution in [0.25, 0.3) is 27.6 Å². The number of nitrogens with one attached hydrogen (secondary N) is 1. The monoisotopic (exact) mass is 477 g/mol. The second-order valence-electron chi connectivity index (χ2n) is 7.31. The molecular formula is C23H19N5O3S2. The van der Waals surface area contributed by atoms with Gasteiger partial charge in [-0.15, -0.1) is 21.5 Å². The average Bonchev–Trinajstić information content (AvgIpc) is 3.48. The number of aryl methyl sites for hydroxylation is 1. The number of ether oxygens (including phenoxy) is 1. The number of nitrogens with zero attached hydrogens (tertiary/aromatic N) is 4. The molecule has 0 fully saturated rings. The van der Waals surface area contributed by atoms with Crippen molar-refractivity contribution in [2.45, 2.75) is 11.8 Å². The van der Waals surface area contributed by atoms with Crippen molar-refractivity contribution in [2.24, 2.45) is 0 Å². The van der Waals surface area contributed by atoms with Crippen molar-refractivity contribution in [1.82, 2.24) is 19.8 Å². The highest BCUT2D eigenvalue weighted by Crippen LogP contribution is 2.27. The Hall–Kier alpha value is -3.76. The van der Waals surface area contributed by atoms with Crippen molar-refractivity contribution < 1.29 is 13.2 Å². The lowest BCUT2D eigenvalue weighted by Gasteiger charge is -2.11. The van der Waals surface area contributed by atoms with Crippen molar-refractivity contribution in [3.8, 4) is 27.7 Å². The van der Waals surface area contributed by atoms with Crippen LogP contribution in [0.15, 0.2) is 77.0 Å². The minimum atomic E-state index is -3.77. The molecule has 0 saturated heterocycles. The fraction of sp³-hybridized carbons (Fsp3) is 0.0870. The number of methoxy groups -OCH3 is 1. The van der Waals surface area contributed by atoms with E-state index in [1.54, 1.807) is 60.2 Å². The molecule has 10 heteroatoms. The summed E-state index contributed by atoms with van der Waals surface area (Å²) in [6.07, 6.45) is 0. The summed E-state index contributed by atoms with van der Waals surface area (Å²) in [5.74, 6) is 1.29. The van der Waals surface area contributed by atoms with Gasteiger partial charge < -0.3 is 4.74 Å². The minimum Gasteiger partial charge on any atom is -0.496 e. The van der Waals surface area contributed by atoms with E-state index >= 15 is 0 Å². The van der Waals surface area contributed by atoms with E-state index in [-0.39, 0.29) is 4.90 Å². The van der Waals surface area contributed by atoms with Gasteiger partial charge in [-0.1, -0.05) is 18.2 Å². The van der Waals surface area contributed by atoms with Crippen molar-refractivity contribution in [2.75, 3.05) is 11.8 Å². The Labute approximate surface area is 194 Å². The largest absolute Gasteiger partial charge is 0.496 e. The Morgan fingerprint density at radius 1 is 1.00 bits per heavy atom. The average molecular weight is 478 g/mol. The Bertz CT molecular complexity index is 1560. The first-order chi connectivity index (χ1) is 15.9. The van der Waals surface area contributed by atoms with E-state index in [0.717, 1.165) is 16.0 Å². The molecule has 3 aromatic heterocycles. The van der Waals surface area contributed by atoms with Crippen LogP contribution in [0.2, 0.25) is 0 Å². The molecule has 0 unspecified atom stereocenters. The highest BCUT2D eigenvalue weighted by atomic mass is 32.2. The van der Waals surface area contributed by atoms with E-state index in [0.29, 0.717) is 28.6 Å². The third-order valence-electron chi connectivity index (χ3n) is 5.09. The second-order valence-corrected chi connectivity index (χ2v) is 9.94. The molecule has 0 amide bonds. The zero-order valence-corrected chi connectivity index (χ0v) is 19.4. The highest BCUT2D eigenvalue weighted by molar-refractivity contribution is 7.92. The van der Waals surface area contributed by atoms with Crippen LogP contribution in [0.4, 0.5) is 5.69 Å². The molecule has 2 aromatic carbocycles. The lowest BCUT2D eigenvalue weighted by Crippen LogP contribution is -2.13. The zero-order valence-electron chi connectivity index (χ0n) is 17.8. The Morgan fingerprint density at radius 2 is 1.88 bits per heavy atom. The second kappa shape index (κ2) is 8.30. The van der Waals surface area contributed by atoms with E-state index in [4.69, 9.17) is 9.84 Å². The topological polar surface area (TPSA) is 98.5 Å². The number of anilines is 1. The summed E-state index contributed by atoms with van der Waals surface area (Å²) in [7, 11) is -2.22. The van der Waals surface area contributed by atoms with E-state index in [1.807, 2.05) is 35.7 Å². The van der Waals surface area contributed by atoms with E-state index < -0.39 is 10.0 Å². The molecule has 166 valence electrons. The van der Waals surface area contributed by atoms with Crippen LogP contribution < -0.4 is 9.46 Å². The molecule has 0 aliphatic heterocycles. The van der Waals surface area contributed by atoms with Crippen molar-refractivity contribution >= 4 is 32.7 Å². The Kier molecular flexibility index (Phi) is 5.31. The standard InChI is InChI=1S/C23H19N5O3S2/c1-15-13-18(8-10-20(15)31-2)33(29,30)27-17-6-3-5-16(14-17)19-9-11-22-24-25-23(28(22)26-19)21-7-4-12-32-21/h3-14,27H,1-2H3. The lowest BCUT2D eigenvalue weighted by molar-refractivity contribution is 0.411. The SMILES string of the molecule is COc1ccc(S(=O)(=O)Nc2cccc(-c3ccc4nnc(-c5cccs5)n4n3)c2)cc1C. The maximum Gasteiger partial charge on any atom is 0.261 e. The number of sulfonamides is 1. The van der Waals surface area contributed by atoms with Gasteiger partial charge in [-0.2, -0.15) is 9.61 Å². The quantitative estimate of drug-likeness (QED) is 0.383. The van der Waals surface area contributed by atoms with Gasteiger partial charge in [0.15, 0.2) is 11.5 Å². The molecule has 0 aliphatic rings. The molecule has 0 radical (unpaired) electrons. The van der Waals surface area contributed by atoms with Gasteiger partial charge in [0.1, 0.15) is 5.75 Å². The molecule has 1 N–H and O–H groups in total. The van der Waals surface area contributed by atoms with Gasteiger partial charge in [0.25, 0.3) is 10.0 Å². The fourth-order valence-electron chi connectivity index (χ4n) is 3.48. The van der Waals surface area contributed by atoms with Gasteiger partial charge in [0.05, 0.1) is 22.6 Å². The van der Waals surface area contributed by atoms with Crippen LogP contribution in [0, 0.1) is 6.92 Å². The minimum absolute atomic E-state index is 0.163. The van der Waals surface area contributed by atoms with E-state index in [9.17, 15) is 8.42 Å². The van der Waals surface area contributed by atoms with Crippen LogP contribution in [-0.4, -0.2) is 35.3 Å². The summed E-state index contributed by atoms with van der Waals surface area (Å²) in [4.78, 5) is 1.12. The molecule has 0 atom stereocenters. The summed E-state index contributed by atoms with van der Waals surface area (Å²) in [5, 5.41) is 15.1. The van der Waals surface area contributed by atoms with Gasteiger partial charge in [0.2, 0.25) is 0 Å². The lowest BCUT2D eigenvalue weighted by atomic mass is 10.1. The van der Waals surface area contributed by atoms with E-state index in [2.05, 4.69) is 14.9 Å². The predicted molar refractivity (Wildman–Crippen MR) is 128 cm³/mol. The van der Waals surface area contributed by atoms with Crippen molar-refractivity contribution in [3.63, 3.8) is 0 Å². The number of hydrogen-bond donors (Lipinski definition) is 1. The van der Waals surface area contributed by atoms with E-state index in [1.165, 1.54) is 6.07 Å². The highest BCUT2D eigenvalue weighted by Gasteiger charge is 2.17. The number of fused-ring (bicyclic) bond motifs is 1. The van der Waals surface area contributed by atoms with Gasteiger partial charge in [-0.05, 0) is 66.4 Å². The molecule has 5 aromatic rings. The summed E-state index contributed by atoms with van der Waals surface area (Å²) >= 11 is 1.56. The Morgan fingerprint density at radius 3 is 2.64 bits per heavy atom. The van der Waals surface area contributed by atoms with Gasteiger partial charge in [-0.3, -0.25) is 4.72 Å². The van der Waals surface area contributed by atoms with Gasteiger partial charge >= 0.3 is 0 Å². The molecule has 5 rings (SSSR count). The first kappa shape index (κ1) is 21.1. The van der Waals surface area contributed by atoms with Crippen LogP contribution in [0.5, 0.6) is 5.75 Å². The molecule has 3 heterocycles. The van der Waals surface area contributed by atoms with Crippen molar-refractivity contribution in [3.05, 3.63) is 77.7 Å². The maximum absolute atomic E-state index is 12.9. The molecular weight excluding hydrogens is 458 g/mol. The van der Waals surface area contributed by atoms with Crippen molar-refractivity contribution in [1.29, 1.82) is 0 Å². The van der Waals surface area contributed by atoms with Crippen LogP contribution in [0.3, 0.4) is 0 Å². The third-order valence-corrected chi connectivity index (χ3v) is 7.34. The molecule has 0 spiro atoms. The smallest absolute Gasteiger partial charge is 0.261 e. The van der Waals surface area contributed by atoms with Gasteiger partial charge in [-0.25, -0.2) is 8.42 Å². The number of aromatic nitrogens is 4. The molecule has 8 nitrogen and oxygen atoms in total. The van der Waals surface area contributed by atoms with Crippen LogP contribution in [-0.2, 0) is 10.0 Å². The normalized spacial score (nSPS) is 11.6. The first-order valence-electron chi connectivity index (χ1n) is 9.99. The molecule has 0 saturated carbocycles. The maximum atomic E-state index is 12.9. The third kappa shape index (κ3) is 4.06. The molecule has 0 aliphatic carbocycles.